The lowest BCUT2D eigenvalue weighted by atomic mass is 10.4. The first-order valence-corrected chi connectivity index (χ1v) is 5.30. The normalized spacial score (nSPS) is 12.8. The van der Waals surface area contributed by atoms with Crippen LogP contribution in [-0.4, -0.2) is 24.2 Å². The van der Waals surface area contributed by atoms with Crippen LogP contribution in [0.4, 0.5) is 5.13 Å². The summed E-state index contributed by atoms with van der Waals surface area (Å²) in [6.07, 6.45) is 1.88. The number of hydrogen-bond donors (Lipinski definition) is 1. The number of thiazole rings is 1. The summed E-state index contributed by atoms with van der Waals surface area (Å²) in [5.74, 6) is 0. The highest BCUT2D eigenvalue weighted by atomic mass is 32.1. The van der Waals surface area contributed by atoms with Gasteiger partial charge in [0.1, 0.15) is 0 Å². The first kappa shape index (κ1) is 10.5. The zero-order valence-electron chi connectivity index (χ0n) is 8.33. The minimum Gasteiger partial charge on any atom is -0.380 e. The highest BCUT2D eigenvalue weighted by molar-refractivity contribution is 7.15. The summed E-state index contributed by atoms with van der Waals surface area (Å²) in [4.78, 5) is 5.44. The van der Waals surface area contributed by atoms with Gasteiger partial charge in [-0.05, 0) is 20.8 Å². The van der Waals surface area contributed by atoms with E-state index in [4.69, 9.17) is 4.74 Å². The van der Waals surface area contributed by atoms with Crippen LogP contribution in [0.25, 0.3) is 0 Å². The minimum absolute atomic E-state index is 0.325. The van der Waals surface area contributed by atoms with Crippen LogP contribution in [0.2, 0.25) is 0 Å². The number of anilines is 1. The standard InChI is InChI=1S/C9H16N2OS/c1-4-12-6-7(2)11-9-10-5-8(3)13-9/h5,7H,4,6H2,1-3H3,(H,10,11). The Hall–Kier alpha value is -0.610. The summed E-state index contributed by atoms with van der Waals surface area (Å²) in [7, 11) is 0. The highest BCUT2D eigenvalue weighted by Gasteiger charge is 2.03. The quantitative estimate of drug-likeness (QED) is 0.792. The van der Waals surface area contributed by atoms with Gasteiger partial charge < -0.3 is 10.1 Å². The summed E-state index contributed by atoms with van der Waals surface area (Å²) in [5.41, 5.74) is 0. The van der Waals surface area contributed by atoms with Gasteiger partial charge in [-0.2, -0.15) is 0 Å². The first-order chi connectivity index (χ1) is 6.22. The molecule has 1 rings (SSSR count). The van der Waals surface area contributed by atoms with Crippen molar-refractivity contribution in [2.24, 2.45) is 0 Å². The maximum absolute atomic E-state index is 5.29. The zero-order chi connectivity index (χ0) is 9.68. The molecule has 0 aliphatic rings. The van der Waals surface area contributed by atoms with E-state index in [0.717, 1.165) is 18.3 Å². The summed E-state index contributed by atoms with van der Waals surface area (Å²) >= 11 is 1.67. The van der Waals surface area contributed by atoms with Gasteiger partial charge in [0.2, 0.25) is 0 Å². The molecule has 3 nitrogen and oxygen atoms in total. The van der Waals surface area contributed by atoms with Crippen molar-refractivity contribution in [2.75, 3.05) is 18.5 Å². The van der Waals surface area contributed by atoms with Gasteiger partial charge in [0.05, 0.1) is 6.61 Å². The van der Waals surface area contributed by atoms with Gasteiger partial charge in [-0.3, -0.25) is 0 Å². The maximum atomic E-state index is 5.29. The summed E-state index contributed by atoms with van der Waals surface area (Å²) in [5, 5.41) is 4.26. The SMILES string of the molecule is CCOCC(C)Nc1ncc(C)s1. The van der Waals surface area contributed by atoms with E-state index in [0.29, 0.717) is 6.04 Å². The number of nitrogens with zero attached hydrogens (tertiary/aromatic N) is 1. The molecule has 0 radical (unpaired) electrons. The fraction of sp³-hybridized carbons (Fsp3) is 0.667. The topological polar surface area (TPSA) is 34.1 Å². The Labute approximate surface area is 83.1 Å². The molecule has 74 valence electrons. The predicted octanol–water partition coefficient (Wildman–Crippen LogP) is 2.29. The third kappa shape index (κ3) is 3.74. The van der Waals surface area contributed by atoms with Crippen LogP contribution < -0.4 is 5.32 Å². The summed E-state index contributed by atoms with van der Waals surface area (Å²) in [6.45, 7) is 7.64. The molecule has 0 spiro atoms. The van der Waals surface area contributed by atoms with Crippen LogP contribution in [0.5, 0.6) is 0 Å². The fourth-order valence-corrected chi connectivity index (χ4v) is 1.74. The molecular formula is C9H16N2OS. The van der Waals surface area contributed by atoms with Gasteiger partial charge in [-0.15, -0.1) is 11.3 Å². The highest BCUT2D eigenvalue weighted by Crippen LogP contribution is 2.17. The van der Waals surface area contributed by atoms with Crippen LogP contribution in [0.1, 0.15) is 18.7 Å². The van der Waals surface area contributed by atoms with Gasteiger partial charge >= 0.3 is 0 Å². The molecule has 13 heavy (non-hydrogen) atoms. The zero-order valence-corrected chi connectivity index (χ0v) is 9.15. The molecule has 1 heterocycles. The molecule has 1 atom stereocenters. The largest absolute Gasteiger partial charge is 0.380 e. The van der Waals surface area contributed by atoms with Gasteiger partial charge in [-0.1, -0.05) is 0 Å². The Morgan fingerprint density at radius 3 is 3.00 bits per heavy atom. The molecule has 0 amide bonds. The average molecular weight is 200 g/mol. The van der Waals surface area contributed by atoms with Crippen LogP contribution >= 0.6 is 11.3 Å². The fourth-order valence-electron chi connectivity index (χ4n) is 0.969. The molecular weight excluding hydrogens is 184 g/mol. The molecule has 4 heteroatoms. The third-order valence-electron chi connectivity index (χ3n) is 1.56. The lowest BCUT2D eigenvalue weighted by Gasteiger charge is -2.11. The van der Waals surface area contributed by atoms with E-state index in [9.17, 15) is 0 Å². The van der Waals surface area contributed by atoms with E-state index in [1.807, 2.05) is 13.1 Å². The second kappa shape index (κ2) is 5.19. The number of aryl methyl sites for hydroxylation is 1. The van der Waals surface area contributed by atoms with E-state index in [1.165, 1.54) is 4.88 Å². The number of rotatable bonds is 5. The Morgan fingerprint density at radius 1 is 1.69 bits per heavy atom. The van der Waals surface area contributed by atoms with Crippen molar-refractivity contribution < 1.29 is 4.74 Å². The number of nitrogens with one attached hydrogen (secondary N) is 1. The Balaban J connectivity index is 2.31. The molecule has 0 saturated carbocycles. The van der Waals surface area contributed by atoms with Gasteiger partial charge in [0.15, 0.2) is 5.13 Å². The Morgan fingerprint density at radius 2 is 2.46 bits per heavy atom. The van der Waals surface area contributed by atoms with E-state index in [-0.39, 0.29) is 0 Å². The smallest absolute Gasteiger partial charge is 0.183 e. The molecule has 0 aliphatic carbocycles. The second-order valence-corrected chi connectivity index (χ2v) is 4.22. The number of aromatic nitrogens is 1. The van der Waals surface area contributed by atoms with Crippen molar-refractivity contribution in [3.8, 4) is 0 Å². The molecule has 0 bridgehead atoms. The number of hydrogen-bond acceptors (Lipinski definition) is 4. The van der Waals surface area contributed by atoms with Crippen molar-refractivity contribution in [1.82, 2.24) is 4.98 Å². The van der Waals surface area contributed by atoms with Gasteiger partial charge in [-0.25, -0.2) is 4.98 Å². The molecule has 0 aliphatic heterocycles. The summed E-state index contributed by atoms with van der Waals surface area (Å²) in [6, 6.07) is 0.325. The van der Waals surface area contributed by atoms with E-state index in [1.54, 1.807) is 11.3 Å². The Kier molecular flexibility index (Phi) is 4.18. The van der Waals surface area contributed by atoms with E-state index in [2.05, 4.69) is 24.1 Å². The van der Waals surface area contributed by atoms with Crippen molar-refractivity contribution >= 4 is 16.5 Å². The molecule has 0 aromatic carbocycles. The van der Waals surface area contributed by atoms with Crippen LogP contribution in [0, 0.1) is 6.92 Å². The lowest BCUT2D eigenvalue weighted by Crippen LogP contribution is -2.21. The molecule has 1 aromatic rings. The number of ether oxygens (including phenoxy) is 1. The van der Waals surface area contributed by atoms with Crippen LogP contribution in [-0.2, 0) is 4.74 Å². The van der Waals surface area contributed by atoms with Gasteiger partial charge in [0, 0.05) is 23.7 Å². The molecule has 0 saturated heterocycles. The van der Waals surface area contributed by atoms with Crippen LogP contribution in [0.15, 0.2) is 6.20 Å². The second-order valence-electron chi connectivity index (χ2n) is 2.98. The minimum atomic E-state index is 0.325. The summed E-state index contributed by atoms with van der Waals surface area (Å²) < 4.78 is 5.29. The van der Waals surface area contributed by atoms with Crippen molar-refractivity contribution in [3.05, 3.63) is 11.1 Å². The van der Waals surface area contributed by atoms with Crippen molar-refractivity contribution in [2.45, 2.75) is 26.8 Å². The average Bonchev–Trinajstić information content (AvgIpc) is 2.48. The predicted molar refractivity (Wildman–Crippen MR) is 56.4 cm³/mol. The monoisotopic (exact) mass is 200 g/mol. The van der Waals surface area contributed by atoms with Crippen molar-refractivity contribution in [3.63, 3.8) is 0 Å². The Bertz CT molecular complexity index is 250. The van der Waals surface area contributed by atoms with Crippen LogP contribution in [0.3, 0.4) is 0 Å². The van der Waals surface area contributed by atoms with Crippen molar-refractivity contribution in [1.29, 1.82) is 0 Å². The third-order valence-corrected chi connectivity index (χ3v) is 2.41. The van der Waals surface area contributed by atoms with Gasteiger partial charge in [0.25, 0.3) is 0 Å². The molecule has 1 unspecified atom stereocenters. The van der Waals surface area contributed by atoms with E-state index >= 15 is 0 Å². The lowest BCUT2D eigenvalue weighted by molar-refractivity contribution is 0.141. The first-order valence-electron chi connectivity index (χ1n) is 4.49. The molecule has 0 fully saturated rings. The maximum Gasteiger partial charge on any atom is 0.183 e. The molecule has 1 aromatic heterocycles. The van der Waals surface area contributed by atoms with E-state index < -0.39 is 0 Å². The molecule has 1 N–H and O–H groups in total.